The Hall–Kier alpha value is -4.58. The third kappa shape index (κ3) is 6.91. The van der Waals surface area contributed by atoms with Crippen LogP contribution in [0.1, 0.15) is 72.7 Å². The van der Waals surface area contributed by atoms with Gasteiger partial charge in [-0.05, 0) is 55.1 Å². The van der Waals surface area contributed by atoms with Crippen LogP contribution < -0.4 is 19.5 Å². The van der Waals surface area contributed by atoms with E-state index in [0.717, 1.165) is 6.21 Å². The average Bonchev–Trinajstić information content (AvgIpc) is 3.55. The predicted octanol–water partition coefficient (Wildman–Crippen LogP) is 4.54. The van der Waals surface area contributed by atoms with Crippen LogP contribution in [0.25, 0.3) is 17.0 Å². The quantitative estimate of drug-likeness (QED) is 0.241. The maximum absolute atomic E-state index is 13.6. The molecule has 1 spiro atoms. The summed E-state index contributed by atoms with van der Waals surface area (Å²) in [6, 6.07) is 8.63. The zero-order chi connectivity index (χ0) is 31.0. The first-order valence-corrected chi connectivity index (χ1v) is 14.5. The van der Waals surface area contributed by atoms with E-state index in [1.807, 2.05) is 6.92 Å². The second kappa shape index (κ2) is 14.1. The molecule has 1 aromatic heterocycles. The van der Waals surface area contributed by atoms with Crippen LogP contribution in [-0.2, 0) is 0 Å². The van der Waals surface area contributed by atoms with Crippen molar-refractivity contribution in [1.29, 1.82) is 5.41 Å². The van der Waals surface area contributed by atoms with Crippen LogP contribution in [0.3, 0.4) is 0 Å². The second-order valence-electron chi connectivity index (χ2n) is 10.4. The Bertz CT molecular complexity index is 1460. The van der Waals surface area contributed by atoms with E-state index in [2.05, 4.69) is 46.4 Å². The number of tetrazole rings is 1. The Morgan fingerprint density at radius 1 is 1.19 bits per heavy atom. The van der Waals surface area contributed by atoms with Crippen molar-refractivity contribution in [1.82, 2.24) is 30.8 Å². The number of nitrogens with one attached hydrogen (secondary N) is 3. The lowest BCUT2D eigenvalue weighted by Crippen LogP contribution is -2.52. The van der Waals surface area contributed by atoms with Crippen molar-refractivity contribution in [2.45, 2.75) is 52.1 Å². The molecule has 0 aliphatic carbocycles. The highest BCUT2D eigenvalue weighted by molar-refractivity contribution is 6.10. The summed E-state index contributed by atoms with van der Waals surface area (Å²) >= 11 is 0. The lowest BCUT2D eigenvalue weighted by atomic mass is 9.82. The number of rotatable bonds is 9. The summed E-state index contributed by atoms with van der Waals surface area (Å²) in [6.07, 6.45) is 3.64. The standard InChI is InChI=1S/C28H31N7O5.C3H8/c1-4-38-23-12-19(13-24(39-16-30-3)25(23)17(2)15-29)27(37)35-9-7-28(8-10-35)14-21(36)20-11-18(5-6-22(20)40-28)26-31-33-34-32-26;1-3-2/h5-6,11-13,15,29-30H,2,4,7-10,14,16H2,1,3H3,(H,31,32,33,34);3H2,1-2H3. The molecule has 2 aliphatic rings. The van der Waals surface area contributed by atoms with Gasteiger partial charge in [0.15, 0.2) is 5.78 Å². The molecular weight excluding hydrogens is 550 g/mol. The van der Waals surface area contributed by atoms with Crippen molar-refractivity contribution in [3.63, 3.8) is 0 Å². The highest BCUT2D eigenvalue weighted by Gasteiger charge is 2.44. The molecule has 0 saturated carbocycles. The first-order valence-electron chi connectivity index (χ1n) is 14.5. The van der Waals surface area contributed by atoms with Gasteiger partial charge in [-0.3, -0.25) is 14.9 Å². The molecule has 0 atom stereocenters. The van der Waals surface area contributed by atoms with Crippen molar-refractivity contribution in [2.75, 3.05) is 33.5 Å². The fourth-order valence-electron chi connectivity index (χ4n) is 5.13. The number of benzene rings is 2. The highest BCUT2D eigenvalue weighted by Crippen LogP contribution is 2.41. The van der Waals surface area contributed by atoms with Crippen molar-refractivity contribution >= 4 is 23.5 Å². The Morgan fingerprint density at radius 2 is 1.88 bits per heavy atom. The van der Waals surface area contributed by atoms with Crippen molar-refractivity contribution in [2.24, 2.45) is 0 Å². The summed E-state index contributed by atoms with van der Waals surface area (Å²) in [4.78, 5) is 28.5. The number of H-pyrrole nitrogens is 1. The van der Waals surface area contributed by atoms with Crippen molar-refractivity contribution in [3.8, 4) is 28.6 Å². The average molecular weight is 590 g/mol. The molecule has 0 unspecified atom stereocenters. The van der Waals surface area contributed by atoms with E-state index in [9.17, 15) is 9.59 Å². The molecular formula is C31H39N7O5. The number of piperidine rings is 1. The molecule has 3 N–H and O–H groups in total. The van der Waals surface area contributed by atoms with Crippen molar-refractivity contribution in [3.05, 3.63) is 53.6 Å². The number of hydrogen-bond acceptors (Lipinski definition) is 10. The molecule has 43 heavy (non-hydrogen) atoms. The lowest BCUT2D eigenvalue weighted by Gasteiger charge is -2.44. The SMILES string of the molecule is C=C(C=N)c1c(OCC)cc(C(=O)N2CCC3(CC2)CC(=O)c2cc(-c4nn[nH]n4)ccc2O3)cc1OCNC.CCC. The largest absolute Gasteiger partial charge is 0.493 e. The first kappa shape index (κ1) is 31.4. The van der Waals surface area contributed by atoms with Crippen LogP contribution in [0, 0.1) is 5.41 Å². The summed E-state index contributed by atoms with van der Waals surface area (Å²) in [5, 5.41) is 24.5. The maximum Gasteiger partial charge on any atom is 0.254 e. The second-order valence-corrected chi connectivity index (χ2v) is 10.4. The summed E-state index contributed by atoms with van der Waals surface area (Å²) in [5.41, 5.74) is 1.87. The molecule has 3 heterocycles. The van der Waals surface area contributed by atoms with Gasteiger partial charge < -0.3 is 24.5 Å². The Balaban J connectivity index is 0.00000135. The molecule has 2 aliphatic heterocycles. The Kier molecular flexibility index (Phi) is 10.3. The van der Waals surface area contributed by atoms with Crippen LogP contribution in [0.2, 0.25) is 0 Å². The Labute approximate surface area is 251 Å². The van der Waals surface area contributed by atoms with E-state index in [4.69, 9.17) is 19.6 Å². The van der Waals surface area contributed by atoms with Gasteiger partial charge >= 0.3 is 0 Å². The van der Waals surface area contributed by atoms with Crippen LogP contribution in [0.15, 0.2) is 36.9 Å². The molecule has 12 heteroatoms. The number of nitrogens with zero attached hydrogens (tertiary/aromatic N) is 4. The smallest absolute Gasteiger partial charge is 0.254 e. The normalized spacial score (nSPS) is 15.1. The molecule has 228 valence electrons. The number of ketones is 1. The lowest BCUT2D eigenvalue weighted by molar-refractivity contribution is -0.00572. The van der Waals surface area contributed by atoms with Crippen LogP contribution in [0.4, 0.5) is 0 Å². The van der Waals surface area contributed by atoms with Crippen LogP contribution in [0.5, 0.6) is 17.2 Å². The van der Waals surface area contributed by atoms with Crippen LogP contribution in [-0.4, -0.2) is 82.5 Å². The summed E-state index contributed by atoms with van der Waals surface area (Å²) in [7, 11) is 1.75. The van der Waals surface area contributed by atoms with Gasteiger partial charge in [-0.25, -0.2) is 0 Å². The van der Waals surface area contributed by atoms with Gasteiger partial charge in [0.25, 0.3) is 5.91 Å². The zero-order valence-corrected chi connectivity index (χ0v) is 25.2. The number of aromatic nitrogens is 4. The molecule has 3 aromatic rings. The third-order valence-corrected chi connectivity index (χ3v) is 7.13. The molecule has 12 nitrogen and oxygen atoms in total. The van der Waals surface area contributed by atoms with E-state index in [1.54, 1.807) is 42.3 Å². The van der Waals surface area contributed by atoms with E-state index in [0.29, 0.717) is 83.4 Å². The minimum atomic E-state index is -0.669. The van der Waals surface area contributed by atoms with Gasteiger partial charge in [0.2, 0.25) is 5.82 Å². The van der Waals surface area contributed by atoms with E-state index < -0.39 is 5.60 Å². The third-order valence-electron chi connectivity index (χ3n) is 7.13. The minimum Gasteiger partial charge on any atom is -0.493 e. The number of likely N-dealkylation sites (tertiary alicyclic amines) is 1. The number of Topliss-reactive ketones (excluding diaryl/α,β-unsaturated/α-hetero) is 1. The fourth-order valence-corrected chi connectivity index (χ4v) is 5.13. The number of allylic oxidation sites excluding steroid dienone is 1. The monoisotopic (exact) mass is 589 g/mol. The van der Waals surface area contributed by atoms with Crippen molar-refractivity contribution < 1.29 is 23.8 Å². The van der Waals surface area contributed by atoms with Gasteiger partial charge in [0.1, 0.15) is 29.6 Å². The number of aromatic amines is 1. The molecule has 1 saturated heterocycles. The molecule has 1 amide bonds. The minimum absolute atomic E-state index is 0.0129. The Morgan fingerprint density at radius 3 is 2.49 bits per heavy atom. The number of ether oxygens (including phenoxy) is 3. The summed E-state index contributed by atoms with van der Waals surface area (Å²) in [6.45, 7) is 11.5. The maximum atomic E-state index is 13.6. The van der Waals surface area contributed by atoms with Gasteiger partial charge in [-0.15, -0.1) is 10.2 Å². The zero-order valence-electron chi connectivity index (χ0n) is 25.2. The number of hydrogen-bond donors (Lipinski definition) is 3. The van der Waals surface area contributed by atoms with Gasteiger partial charge in [-0.2, -0.15) is 5.21 Å². The van der Waals surface area contributed by atoms with E-state index >= 15 is 0 Å². The molecule has 2 aromatic carbocycles. The topological polar surface area (TPSA) is 155 Å². The fraction of sp³-hybridized carbons (Fsp3) is 0.419. The number of carbonyl (C=O) groups excluding carboxylic acids is 2. The molecule has 1 fully saturated rings. The van der Waals surface area contributed by atoms with Gasteiger partial charge in [-0.1, -0.05) is 26.8 Å². The van der Waals surface area contributed by atoms with E-state index in [1.165, 1.54) is 6.42 Å². The number of amides is 1. The predicted molar refractivity (Wildman–Crippen MR) is 163 cm³/mol. The van der Waals surface area contributed by atoms with E-state index in [-0.39, 0.29) is 24.8 Å². The summed E-state index contributed by atoms with van der Waals surface area (Å²) < 4.78 is 18.1. The first-order chi connectivity index (χ1) is 20.8. The number of carbonyl (C=O) groups is 2. The molecule has 0 radical (unpaired) electrons. The molecule has 5 rings (SSSR count). The van der Waals surface area contributed by atoms with Crippen LogP contribution >= 0.6 is 0 Å². The summed E-state index contributed by atoms with van der Waals surface area (Å²) in [5.74, 6) is 1.58. The van der Waals surface area contributed by atoms with Gasteiger partial charge in [0, 0.05) is 43.3 Å². The highest BCUT2D eigenvalue weighted by atomic mass is 16.5. The number of fused-ring (bicyclic) bond motifs is 1. The molecule has 0 bridgehead atoms. The van der Waals surface area contributed by atoms with Gasteiger partial charge in [0.05, 0.1) is 24.2 Å².